The van der Waals surface area contributed by atoms with Crippen LogP contribution < -0.4 is 5.73 Å². The highest BCUT2D eigenvalue weighted by Gasteiger charge is 2.89. The Balaban J connectivity index is 1.39. The zero-order valence-electron chi connectivity index (χ0n) is 27.0. The van der Waals surface area contributed by atoms with Crippen LogP contribution in [0.4, 0.5) is 0 Å². The van der Waals surface area contributed by atoms with Gasteiger partial charge >= 0.3 is 5.97 Å². The van der Waals surface area contributed by atoms with Gasteiger partial charge in [0.2, 0.25) is 0 Å². The van der Waals surface area contributed by atoms with Gasteiger partial charge in [0.05, 0.1) is 35.6 Å². The monoisotopic (exact) mass is 575 g/mol. The van der Waals surface area contributed by atoms with E-state index in [2.05, 4.69) is 41.5 Å². The molecule has 7 heteroatoms. The first-order chi connectivity index (χ1) is 18.8. The van der Waals surface area contributed by atoms with Crippen LogP contribution in [0.1, 0.15) is 114 Å². The average molecular weight is 576 g/mol. The minimum Gasteiger partial charge on any atom is -0.457 e. The number of hydrogen-bond donors (Lipinski definition) is 4. The maximum absolute atomic E-state index is 12.5. The van der Waals surface area contributed by atoms with Crippen molar-refractivity contribution in [2.24, 2.45) is 56.5 Å². The topological polar surface area (TPSA) is 122 Å². The van der Waals surface area contributed by atoms with Crippen LogP contribution in [-0.2, 0) is 14.3 Å². The fraction of sp³-hybridized carbons (Fsp3) is 0.971. The molecule has 2 spiro atoms. The van der Waals surface area contributed by atoms with E-state index in [0.717, 1.165) is 38.5 Å². The first kappa shape index (κ1) is 30.3. The summed E-state index contributed by atoms with van der Waals surface area (Å²) in [6.07, 6.45) is 3.81. The number of aliphatic hydroxyl groups is 3. The van der Waals surface area contributed by atoms with Crippen molar-refractivity contribution in [1.82, 2.24) is 0 Å². The van der Waals surface area contributed by atoms with Crippen LogP contribution in [0.15, 0.2) is 0 Å². The zero-order chi connectivity index (χ0) is 30.3. The van der Waals surface area contributed by atoms with Gasteiger partial charge < -0.3 is 30.5 Å². The number of hydrogen-bond acceptors (Lipinski definition) is 7. The second-order valence-corrected chi connectivity index (χ2v) is 17.0. The molecule has 0 bridgehead atoms. The Morgan fingerprint density at radius 1 is 1.02 bits per heavy atom. The molecule has 234 valence electrons. The van der Waals surface area contributed by atoms with Crippen molar-refractivity contribution in [3.63, 3.8) is 0 Å². The summed E-state index contributed by atoms with van der Waals surface area (Å²) in [5.74, 6) is 0.944. The van der Waals surface area contributed by atoms with E-state index in [1.54, 1.807) is 20.8 Å². The molecule has 6 rings (SSSR count). The van der Waals surface area contributed by atoms with Crippen LogP contribution in [0, 0.1) is 50.7 Å². The second-order valence-electron chi connectivity index (χ2n) is 17.0. The minimum absolute atomic E-state index is 0.0847. The summed E-state index contributed by atoms with van der Waals surface area (Å²) in [6, 6.07) is 0. The Hall–Kier alpha value is -0.730. The first-order valence-electron chi connectivity index (χ1n) is 16.6. The summed E-state index contributed by atoms with van der Waals surface area (Å²) < 4.78 is 12.7. The highest BCUT2D eigenvalue weighted by atomic mass is 16.6. The largest absolute Gasteiger partial charge is 0.457 e. The fourth-order valence-electron chi connectivity index (χ4n) is 13.1. The Morgan fingerprint density at radius 3 is 2.24 bits per heavy atom. The lowest BCUT2D eigenvalue weighted by Gasteiger charge is -2.65. The van der Waals surface area contributed by atoms with Crippen molar-refractivity contribution in [3.05, 3.63) is 0 Å². The van der Waals surface area contributed by atoms with Gasteiger partial charge in [0.15, 0.2) is 6.10 Å². The highest BCUT2D eigenvalue weighted by Crippen LogP contribution is 2.90. The van der Waals surface area contributed by atoms with E-state index < -0.39 is 35.6 Å². The molecule has 1 heterocycles. The first-order valence-corrected chi connectivity index (χ1v) is 16.6. The molecule has 0 aromatic heterocycles. The summed E-state index contributed by atoms with van der Waals surface area (Å²) >= 11 is 0. The van der Waals surface area contributed by atoms with Crippen LogP contribution in [0.25, 0.3) is 0 Å². The SMILES string of the molecule is CCC(=O)OC(C1CC(C)C2(C)C(O1)C(O)C1(N)C3CCC4C(C)(C)C(O)CCC45C(C)C35CCC21C)C(C)(C)O. The third-order valence-electron chi connectivity index (χ3n) is 15.5. The fourth-order valence-corrected chi connectivity index (χ4v) is 13.1. The van der Waals surface area contributed by atoms with Gasteiger partial charge in [-0.25, -0.2) is 0 Å². The van der Waals surface area contributed by atoms with Crippen molar-refractivity contribution in [2.75, 3.05) is 0 Å². The van der Waals surface area contributed by atoms with Crippen LogP contribution >= 0.6 is 0 Å². The van der Waals surface area contributed by atoms with Crippen molar-refractivity contribution in [1.29, 1.82) is 0 Å². The quantitative estimate of drug-likeness (QED) is 0.362. The lowest BCUT2D eigenvalue weighted by atomic mass is 9.41. The standard InChI is InChI=1S/C34H57NO6/c1-10-24(37)41-26(29(6,7)39)20-17-18(2)31(9)27(40-20)25(38)34(35)22-12-11-21-28(4,5)23(36)13-14-32(21)19(3)33(22,32)16-15-30(31,34)8/h18-23,25-27,36,38-39H,10-17,35H2,1-9H3. The summed E-state index contributed by atoms with van der Waals surface area (Å²) in [4.78, 5) is 12.4. The van der Waals surface area contributed by atoms with Gasteiger partial charge in [-0.05, 0) is 104 Å². The number of rotatable bonds is 4. The lowest BCUT2D eigenvalue weighted by Crippen LogP contribution is -2.71. The molecule has 6 fully saturated rings. The molecule has 5 aliphatic carbocycles. The summed E-state index contributed by atoms with van der Waals surface area (Å²) in [5.41, 5.74) is 5.11. The number of fused-ring (bicyclic) bond motifs is 4. The summed E-state index contributed by atoms with van der Waals surface area (Å²) in [5, 5.41) is 34.6. The van der Waals surface area contributed by atoms with Crippen LogP contribution in [-0.4, -0.2) is 62.9 Å². The van der Waals surface area contributed by atoms with Crippen molar-refractivity contribution in [3.8, 4) is 0 Å². The van der Waals surface area contributed by atoms with E-state index in [4.69, 9.17) is 15.2 Å². The minimum atomic E-state index is -1.29. The number of aliphatic hydroxyl groups excluding tert-OH is 2. The van der Waals surface area contributed by atoms with E-state index >= 15 is 0 Å². The van der Waals surface area contributed by atoms with E-state index in [9.17, 15) is 20.1 Å². The van der Waals surface area contributed by atoms with E-state index in [-0.39, 0.29) is 57.4 Å². The van der Waals surface area contributed by atoms with Gasteiger partial charge in [-0.3, -0.25) is 4.79 Å². The van der Waals surface area contributed by atoms with Gasteiger partial charge in [-0.1, -0.05) is 48.5 Å². The molecule has 41 heavy (non-hydrogen) atoms. The highest BCUT2D eigenvalue weighted by molar-refractivity contribution is 5.69. The van der Waals surface area contributed by atoms with Gasteiger partial charge in [-0.2, -0.15) is 0 Å². The van der Waals surface area contributed by atoms with Gasteiger partial charge in [-0.15, -0.1) is 0 Å². The maximum atomic E-state index is 12.5. The molecule has 6 aliphatic rings. The number of ether oxygens (including phenoxy) is 2. The van der Waals surface area contributed by atoms with Gasteiger partial charge in [0.1, 0.15) is 0 Å². The summed E-state index contributed by atoms with van der Waals surface area (Å²) in [6.45, 7) is 18.9. The average Bonchev–Trinajstić information content (AvgIpc) is 3.39. The number of carbonyl (C=O) groups excluding carboxylic acids is 1. The van der Waals surface area contributed by atoms with Crippen molar-refractivity contribution in [2.45, 2.75) is 155 Å². The Kier molecular flexibility index (Phi) is 6.44. The lowest BCUT2D eigenvalue weighted by molar-refractivity contribution is -0.238. The predicted molar refractivity (Wildman–Crippen MR) is 157 cm³/mol. The third kappa shape index (κ3) is 3.21. The molecule has 1 saturated heterocycles. The van der Waals surface area contributed by atoms with Crippen LogP contribution in [0.3, 0.4) is 0 Å². The Labute approximate surface area is 247 Å². The molecule has 5 saturated carbocycles. The van der Waals surface area contributed by atoms with Crippen LogP contribution in [0.2, 0.25) is 0 Å². The van der Waals surface area contributed by atoms with Gasteiger partial charge in [0, 0.05) is 11.8 Å². The van der Waals surface area contributed by atoms with Gasteiger partial charge in [0.25, 0.3) is 0 Å². The van der Waals surface area contributed by atoms with Crippen molar-refractivity contribution < 1.29 is 29.6 Å². The van der Waals surface area contributed by atoms with E-state index in [0.29, 0.717) is 18.3 Å². The number of esters is 1. The second kappa shape index (κ2) is 8.71. The number of nitrogens with two attached hydrogens (primary N) is 1. The molecular formula is C34H57NO6. The molecule has 0 aromatic rings. The molecule has 5 N–H and O–H groups in total. The third-order valence-corrected chi connectivity index (χ3v) is 15.5. The normalized spacial score (nSPS) is 55.9. The van der Waals surface area contributed by atoms with Crippen LogP contribution in [0.5, 0.6) is 0 Å². The molecule has 7 nitrogen and oxygen atoms in total. The smallest absolute Gasteiger partial charge is 0.305 e. The Morgan fingerprint density at radius 2 is 1.63 bits per heavy atom. The predicted octanol–water partition coefficient (Wildman–Crippen LogP) is 4.58. The maximum Gasteiger partial charge on any atom is 0.305 e. The molecule has 0 radical (unpaired) electrons. The van der Waals surface area contributed by atoms with E-state index in [1.165, 1.54) is 0 Å². The summed E-state index contributed by atoms with van der Waals surface area (Å²) in [7, 11) is 0. The Bertz CT molecular complexity index is 1100. The molecule has 1 aliphatic heterocycles. The molecule has 14 atom stereocenters. The van der Waals surface area contributed by atoms with E-state index in [1.807, 2.05) is 0 Å². The number of carbonyl (C=O) groups is 1. The molecule has 0 aromatic carbocycles. The molecular weight excluding hydrogens is 518 g/mol. The van der Waals surface area contributed by atoms with Crippen molar-refractivity contribution >= 4 is 5.97 Å². The molecule has 0 amide bonds. The molecule has 14 unspecified atom stereocenters. The zero-order valence-corrected chi connectivity index (χ0v) is 27.0.